The molecule has 0 aromatic heterocycles. The van der Waals surface area contributed by atoms with E-state index in [0.717, 1.165) is 16.0 Å². The molecule has 0 saturated carbocycles. The van der Waals surface area contributed by atoms with Crippen LogP contribution in [0.4, 0.5) is 0 Å². The minimum atomic E-state index is 0.603. The quantitative estimate of drug-likeness (QED) is 0.884. The van der Waals surface area contributed by atoms with Gasteiger partial charge >= 0.3 is 0 Å². The lowest BCUT2D eigenvalue weighted by Crippen LogP contribution is -2.51. The standard InChI is InChI=1S/C14H20BrClN2/c1-10-4-3-5-11(2)18(10)17-9-12-8-13(16)6-7-14(12)15/h6-8,10-11,17H,3-5,9H2,1-2H3. The molecule has 1 heterocycles. The van der Waals surface area contributed by atoms with Crippen LogP contribution in [0.15, 0.2) is 22.7 Å². The van der Waals surface area contributed by atoms with Gasteiger partial charge in [0, 0.05) is 28.1 Å². The molecule has 1 fully saturated rings. The second-order valence-corrected chi connectivity index (χ2v) is 6.40. The van der Waals surface area contributed by atoms with Crippen LogP contribution in [0, 0.1) is 0 Å². The van der Waals surface area contributed by atoms with Gasteiger partial charge < -0.3 is 0 Å². The minimum Gasteiger partial charge on any atom is -0.250 e. The van der Waals surface area contributed by atoms with E-state index >= 15 is 0 Å². The first kappa shape index (κ1) is 14.3. The van der Waals surface area contributed by atoms with E-state index in [0.29, 0.717) is 12.1 Å². The smallest absolute Gasteiger partial charge is 0.0410 e. The summed E-state index contributed by atoms with van der Waals surface area (Å²) in [6.07, 6.45) is 3.88. The van der Waals surface area contributed by atoms with Gasteiger partial charge in [0.05, 0.1) is 0 Å². The first-order chi connectivity index (χ1) is 8.58. The lowest BCUT2D eigenvalue weighted by Gasteiger charge is -2.39. The summed E-state index contributed by atoms with van der Waals surface area (Å²) in [5.41, 5.74) is 4.75. The summed E-state index contributed by atoms with van der Waals surface area (Å²) in [6.45, 7) is 5.39. The van der Waals surface area contributed by atoms with E-state index in [1.165, 1.54) is 24.8 Å². The lowest BCUT2D eigenvalue weighted by atomic mass is 10.00. The van der Waals surface area contributed by atoms with E-state index in [1.807, 2.05) is 18.2 Å². The predicted molar refractivity (Wildman–Crippen MR) is 80.6 cm³/mol. The third-order valence-electron chi connectivity index (χ3n) is 3.65. The van der Waals surface area contributed by atoms with Crippen molar-refractivity contribution in [1.82, 2.24) is 10.4 Å². The second-order valence-electron chi connectivity index (χ2n) is 5.11. The highest BCUT2D eigenvalue weighted by Gasteiger charge is 2.24. The van der Waals surface area contributed by atoms with Crippen molar-refractivity contribution in [2.24, 2.45) is 0 Å². The molecule has 0 spiro atoms. The highest BCUT2D eigenvalue weighted by molar-refractivity contribution is 9.10. The molecule has 1 aliphatic heterocycles. The van der Waals surface area contributed by atoms with Crippen LogP contribution in [0.3, 0.4) is 0 Å². The van der Waals surface area contributed by atoms with Crippen molar-refractivity contribution >= 4 is 27.5 Å². The summed E-state index contributed by atoms with van der Waals surface area (Å²) in [5, 5.41) is 3.17. The normalized spacial score (nSPS) is 25.3. The highest BCUT2D eigenvalue weighted by atomic mass is 79.9. The van der Waals surface area contributed by atoms with Crippen molar-refractivity contribution in [3.05, 3.63) is 33.3 Å². The molecule has 1 aromatic rings. The first-order valence-corrected chi connectivity index (χ1v) is 7.71. The number of benzene rings is 1. The molecule has 0 amide bonds. The maximum absolute atomic E-state index is 6.03. The van der Waals surface area contributed by atoms with Gasteiger partial charge in [-0.15, -0.1) is 0 Å². The number of hydrazine groups is 1. The number of nitrogens with zero attached hydrogens (tertiary/aromatic N) is 1. The third-order valence-corrected chi connectivity index (χ3v) is 4.66. The van der Waals surface area contributed by atoms with E-state index in [-0.39, 0.29) is 0 Å². The molecule has 1 saturated heterocycles. The molecule has 4 heteroatoms. The van der Waals surface area contributed by atoms with Crippen LogP contribution in [0.1, 0.15) is 38.7 Å². The average Bonchev–Trinajstić information content (AvgIpc) is 2.33. The maximum Gasteiger partial charge on any atom is 0.0410 e. The Balaban J connectivity index is 1.99. The fourth-order valence-corrected chi connectivity index (χ4v) is 3.17. The van der Waals surface area contributed by atoms with Crippen LogP contribution in [0.2, 0.25) is 5.02 Å². The number of halogens is 2. The molecule has 2 unspecified atom stereocenters. The van der Waals surface area contributed by atoms with Gasteiger partial charge in [0.1, 0.15) is 0 Å². The van der Waals surface area contributed by atoms with E-state index in [1.54, 1.807) is 0 Å². The minimum absolute atomic E-state index is 0.603. The zero-order valence-corrected chi connectivity index (χ0v) is 13.3. The van der Waals surface area contributed by atoms with Crippen LogP contribution < -0.4 is 5.43 Å². The Labute approximate surface area is 123 Å². The monoisotopic (exact) mass is 330 g/mol. The highest BCUT2D eigenvalue weighted by Crippen LogP contribution is 2.23. The number of hydrogen-bond donors (Lipinski definition) is 1. The van der Waals surface area contributed by atoms with Gasteiger partial charge in [-0.1, -0.05) is 34.0 Å². The zero-order valence-electron chi connectivity index (χ0n) is 10.9. The zero-order chi connectivity index (χ0) is 13.1. The van der Waals surface area contributed by atoms with Gasteiger partial charge in [-0.3, -0.25) is 5.43 Å². The first-order valence-electron chi connectivity index (χ1n) is 6.53. The molecule has 2 nitrogen and oxygen atoms in total. The maximum atomic E-state index is 6.03. The van der Waals surface area contributed by atoms with Gasteiger partial charge in [-0.05, 0) is 50.5 Å². The molecule has 1 N–H and O–H groups in total. The Morgan fingerprint density at radius 1 is 1.33 bits per heavy atom. The van der Waals surface area contributed by atoms with Crippen LogP contribution in [-0.4, -0.2) is 17.1 Å². The summed E-state index contributed by atoms with van der Waals surface area (Å²) in [7, 11) is 0. The lowest BCUT2D eigenvalue weighted by molar-refractivity contribution is 0.0435. The average molecular weight is 332 g/mol. The van der Waals surface area contributed by atoms with E-state index < -0.39 is 0 Å². The Hall–Kier alpha value is -0.0900. The van der Waals surface area contributed by atoms with Gasteiger partial charge in [0.2, 0.25) is 0 Å². The molecule has 2 atom stereocenters. The van der Waals surface area contributed by atoms with E-state index in [4.69, 9.17) is 11.6 Å². The Bertz CT molecular complexity index is 401. The van der Waals surface area contributed by atoms with Crippen LogP contribution in [-0.2, 0) is 6.54 Å². The summed E-state index contributed by atoms with van der Waals surface area (Å²) >= 11 is 9.60. The van der Waals surface area contributed by atoms with Gasteiger partial charge in [0.15, 0.2) is 0 Å². The summed E-state index contributed by atoms with van der Waals surface area (Å²) in [4.78, 5) is 0. The van der Waals surface area contributed by atoms with Crippen molar-refractivity contribution in [2.45, 2.75) is 51.7 Å². The SMILES string of the molecule is CC1CCCC(C)N1NCc1cc(Cl)ccc1Br. The molecule has 100 valence electrons. The Kier molecular flexibility index (Phi) is 5.07. The number of rotatable bonds is 3. The molecule has 1 aromatic carbocycles. The molecular weight excluding hydrogens is 312 g/mol. The molecule has 18 heavy (non-hydrogen) atoms. The molecule has 0 aliphatic carbocycles. The summed E-state index contributed by atoms with van der Waals surface area (Å²) < 4.78 is 1.11. The number of hydrogen-bond acceptors (Lipinski definition) is 2. The Morgan fingerprint density at radius 2 is 2.00 bits per heavy atom. The molecule has 0 radical (unpaired) electrons. The summed E-state index contributed by atoms with van der Waals surface area (Å²) in [6, 6.07) is 7.13. The van der Waals surface area contributed by atoms with Crippen LogP contribution in [0.5, 0.6) is 0 Å². The van der Waals surface area contributed by atoms with Crippen molar-refractivity contribution in [1.29, 1.82) is 0 Å². The number of nitrogens with one attached hydrogen (secondary N) is 1. The van der Waals surface area contributed by atoms with Crippen molar-refractivity contribution < 1.29 is 0 Å². The molecule has 1 aliphatic rings. The Morgan fingerprint density at radius 3 is 2.67 bits per heavy atom. The van der Waals surface area contributed by atoms with Gasteiger partial charge in [-0.2, -0.15) is 0 Å². The predicted octanol–water partition coefficient (Wildman–Crippen LogP) is 4.37. The molecular formula is C14H20BrClN2. The largest absolute Gasteiger partial charge is 0.250 e. The second kappa shape index (κ2) is 6.38. The van der Waals surface area contributed by atoms with Crippen LogP contribution in [0.25, 0.3) is 0 Å². The fourth-order valence-electron chi connectivity index (χ4n) is 2.59. The topological polar surface area (TPSA) is 15.3 Å². The van der Waals surface area contributed by atoms with Gasteiger partial charge in [0.25, 0.3) is 0 Å². The van der Waals surface area contributed by atoms with E-state index in [9.17, 15) is 0 Å². The summed E-state index contributed by atoms with van der Waals surface area (Å²) in [5.74, 6) is 0. The van der Waals surface area contributed by atoms with E-state index in [2.05, 4.69) is 40.2 Å². The van der Waals surface area contributed by atoms with Crippen molar-refractivity contribution in [3.8, 4) is 0 Å². The molecule has 2 rings (SSSR count). The van der Waals surface area contributed by atoms with Crippen molar-refractivity contribution in [2.75, 3.05) is 0 Å². The fraction of sp³-hybridized carbons (Fsp3) is 0.571. The van der Waals surface area contributed by atoms with Gasteiger partial charge in [-0.25, -0.2) is 5.01 Å². The third kappa shape index (κ3) is 3.47. The number of piperidine rings is 1. The van der Waals surface area contributed by atoms with Crippen LogP contribution >= 0.6 is 27.5 Å². The molecule has 0 bridgehead atoms. The van der Waals surface area contributed by atoms with Crippen molar-refractivity contribution in [3.63, 3.8) is 0 Å².